The van der Waals surface area contributed by atoms with Crippen LogP contribution in [0.3, 0.4) is 0 Å². The highest BCUT2D eigenvalue weighted by Gasteiger charge is 2.23. The van der Waals surface area contributed by atoms with Crippen LogP contribution in [-0.2, 0) is 16.4 Å². The third kappa shape index (κ3) is 4.70. The topological polar surface area (TPSA) is 92.5 Å². The minimum atomic E-state index is -3.58. The van der Waals surface area contributed by atoms with Gasteiger partial charge in [0, 0.05) is 36.1 Å². The zero-order valence-electron chi connectivity index (χ0n) is 14.4. The van der Waals surface area contributed by atoms with Gasteiger partial charge < -0.3 is 10.6 Å². The molecule has 0 saturated carbocycles. The summed E-state index contributed by atoms with van der Waals surface area (Å²) in [4.78, 5) is 15.5. The fourth-order valence-electron chi connectivity index (χ4n) is 3.00. The van der Waals surface area contributed by atoms with Crippen molar-refractivity contribution in [2.75, 3.05) is 19.6 Å². The molecule has 1 saturated heterocycles. The van der Waals surface area contributed by atoms with E-state index < -0.39 is 10.0 Å². The monoisotopic (exact) mass is 393 g/mol. The van der Waals surface area contributed by atoms with E-state index in [0.29, 0.717) is 31.6 Å². The number of nitrogens with two attached hydrogens (primary N) is 1. The SMILES string of the molecule is NC1CCCN(C(=O)c2ccc(S(=O)(=O)NCCc3cccs3)cc2)C1. The molecule has 0 spiro atoms. The highest BCUT2D eigenvalue weighted by molar-refractivity contribution is 7.89. The van der Waals surface area contributed by atoms with Gasteiger partial charge >= 0.3 is 0 Å². The molecule has 1 aliphatic rings. The number of rotatable bonds is 6. The minimum Gasteiger partial charge on any atom is -0.337 e. The number of amides is 1. The summed E-state index contributed by atoms with van der Waals surface area (Å²) in [7, 11) is -3.58. The third-order valence-corrected chi connectivity index (χ3v) is 6.81. The van der Waals surface area contributed by atoms with Gasteiger partial charge in [-0.15, -0.1) is 11.3 Å². The first-order chi connectivity index (χ1) is 12.5. The molecule has 2 aromatic rings. The van der Waals surface area contributed by atoms with E-state index in [-0.39, 0.29) is 16.8 Å². The minimum absolute atomic E-state index is 0.0138. The van der Waals surface area contributed by atoms with Gasteiger partial charge in [0.25, 0.3) is 5.91 Å². The van der Waals surface area contributed by atoms with Gasteiger partial charge in [-0.25, -0.2) is 13.1 Å². The van der Waals surface area contributed by atoms with Gasteiger partial charge in [-0.1, -0.05) is 6.07 Å². The molecule has 8 heteroatoms. The van der Waals surface area contributed by atoms with Crippen molar-refractivity contribution in [3.63, 3.8) is 0 Å². The Morgan fingerprint density at radius 1 is 1.27 bits per heavy atom. The average molecular weight is 394 g/mol. The first-order valence-electron chi connectivity index (χ1n) is 8.63. The van der Waals surface area contributed by atoms with E-state index >= 15 is 0 Å². The van der Waals surface area contributed by atoms with Crippen LogP contribution in [0.5, 0.6) is 0 Å². The van der Waals surface area contributed by atoms with E-state index in [2.05, 4.69) is 4.72 Å². The number of likely N-dealkylation sites (tertiary alicyclic amines) is 1. The molecule has 3 N–H and O–H groups in total. The molecular formula is C18H23N3O3S2. The predicted octanol–water partition coefficient (Wildman–Crippen LogP) is 1.83. The van der Waals surface area contributed by atoms with Crippen LogP contribution in [0.1, 0.15) is 28.1 Å². The van der Waals surface area contributed by atoms with Gasteiger partial charge in [-0.3, -0.25) is 4.79 Å². The average Bonchev–Trinajstić information content (AvgIpc) is 3.14. The van der Waals surface area contributed by atoms with E-state index in [1.807, 2.05) is 17.5 Å². The van der Waals surface area contributed by atoms with E-state index in [4.69, 9.17) is 5.73 Å². The Morgan fingerprint density at radius 2 is 2.04 bits per heavy atom. The number of piperidine rings is 1. The number of carbonyl (C=O) groups excluding carboxylic acids is 1. The van der Waals surface area contributed by atoms with Crippen LogP contribution >= 0.6 is 11.3 Å². The first-order valence-corrected chi connectivity index (χ1v) is 11.0. The molecule has 1 amide bonds. The molecule has 0 bridgehead atoms. The Labute approximate surface area is 158 Å². The number of nitrogens with one attached hydrogen (secondary N) is 1. The number of nitrogens with zero attached hydrogens (tertiary/aromatic N) is 1. The summed E-state index contributed by atoms with van der Waals surface area (Å²) in [6.07, 6.45) is 2.48. The normalized spacial score (nSPS) is 18.0. The molecule has 3 rings (SSSR count). The van der Waals surface area contributed by atoms with Crippen molar-refractivity contribution in [3.8, 4) is 0 Å². The number of hydrogen-bond acceptors (Lipinski definition) is 5. The largest absolute Gasteiger partial charge is 0.337 e. The molecule has 0 aliphatic carbocycles. The first kappa shape index (κ1) is 19.0. The summed E-state index contributed by atoms with van der Waals surface area (Å²) in [5.74, 6) is -0.102. The lowest BCUT2D eigenvalue weighted by Gasteiger charge is -2.30. The maximum Gasteiger partial charge on any atom is 0.253 e. The zero-order chi connectivity index (χ0) is 18.6. The Morgan fingerprint density at radius 3 is 2.69 bits per heavy atom. The second-order valence-corrected chi connectivity index (χ2v) is 9.20. The maximum atomic E-state index is 12.5. The zero-order valence-corrected chi connectivity index (χ0v) is 16.1. The summed E-state index contributed by atoms with van der Waals surface area (Å²) in [6, 6.07) is 10.0. The lowest BCUT2D eigenvalue weighted by Crippen LogP contribution is -2.45. The highest BCUT2D eigenvalue weighted by atomic mass is 32.2. The van der Waals surface area contributed by atoms with Crippen molar-refractivity contribution >= 4 is 27.3 Å². The highest BCUT2D eigenvalue weighted by Crippen LogP contribution is 2.16. The molecule has 1 unspecified atom stereocenters. The second-order valence-electron chi connectivity index (χ2n) is 6.40. The fourth-order valence-corrected chi connectivity index (χ4v) is 4.74. The van der Waals surface area contributed by atoms with Crippen molar-refractivity contribution < 1.29 is 13.2 Å². The van der Waals surface area contributed by atoms with Crippen LogP contribution in [0.25, 0.3) is 0 Å². The van der Waals surface area contributed by atoms with Crippen molar-refractivity contribution in [3.05, 3.63) is 52.2 Å². The smallest absolute Gasteiger partial charge is 0.253 e. The Kier molecular flexibility index (Phi) is 6.08. The summed E-state index contributed by atoms with van der Waals surface area (Å²) in [5.41, 5.74) is 6.41. The number of sulfonamides is 1. The summed E-state index contributed by atoms with van der Waals surface area (Å²) in [5, 5.41) is 1.97. The molecule has 1 aromatic carbocycles. The number of carbonyl (C=O) groups is 1. The van der Waals surface area contributed by atoms with Crippen molar-refractivity contribution in [1.29, 1.82) is 0 Å². The molecule has 26 heavy (non-hydrogen) atoms. The van der Waals surface area contributed by atoms with Gasteiger partial charge in [0.2, 0.25) is 10.0 Å². The summed E-state index contributed by atoms with van der Waals surface area (Å²) < 4.78 is 27.3. The lowest BCUT2D eigenvalue weighted by atomic mass is 10.1. The fraction of sp³-hybridized carbons (Fsp3) is 0.389. The standard InChI is InChI=1S/C18H23N3O3S2/c19-15-3-1-11-21(13-15)18(22)14-5-7-17(8-6-14)26(23,24)20-10-9-16-4-2-12-25-16/h2,4-8,12,15,20H,1,3,9-11,13,19H2. The van der Waals surface area contributed by atoms with Crippen LogP contribution in [0.4, 0.5) is 0 Å². The Balaban J connectivity index is 1.61. The van der Waals surface area contributed by atoms with Crippen molar-refractivity contribution in [2.24, 2.45) is 5.73 Å². The van der Waals surface area contributed by atoms with E-state index in [1.165, 1.54) is 12.1 Å². The number of benzene rings is 1. The molecule has 2 heterocycles. The molecule has 1 atom stereocenters. The van der Waals surface area contributed by atoms with Crippen LogP contribution in [0, 0.1) is 0 Å². The van der Waals surface area contributed by atoms with Gasteiger partial charge in [0.05, 0.1) is 4.90 Å². The lowest BCUT2D eigenvalue weighted by molar-refractivity contribution is 0.0708. The molecule has 1 fully saturated rings. The van der Waals surface area contributed by atoms with Crippen LogP contribution < -0.4 is 10.5 Å². The molecule has 0 radical (unpaired) electrons. The van der Waals surface area contributed by atoms with E-state index in [0.717, 1.165) is 17.7 Å². The van der Waals surface area contributed by atoms with Crippen molar-refractivity contribution in [1.82, 2.24) is 9.62 Å². The van der Waals surface area contributed by atoms with Crippen LogP contribution in [0.15, 0.2) is 46.7 Å². The number of hydrogen-bond donors (Lipinski definition) is 2. The molecular weight excluding hydrogens is 370 g/mol. The van der Waals surface area contributed by atoms with E-state index in [9.17, 15) is 13.2 Å². The van der Waals surface area contributed by atoms with E-state index in [1.54, 1.807) is 28.4 Å². The van der Waals surface area contributed by atoms with Gasteiger partial charge in [-0.05, 0) is 55.0 Å². The van der Waals surface area contributed by atoms with Crippen LogP contribution in [0.2, 0.25) is 0 Å². The summed E-state index contributed by atoms with van der Waals surface area (Å²) in [6.45, 7) is 1.58. The predicted molar refractivity (Wildman–Crippen MR) is 103 cm³/mol. The van der Waals surface area contributed by atoms with Gasteiger partial charge in [0.15, 0.2) is 0 Å². The molecule has 140 valence electrons. The van der Waals surface area contributed by atoms with Gasteiger partial charge in [-0.2, -0.15) is 0 Å². The Hall–Kier alpha value is -1.74. The maximum absolute atomic E-state index is 12.5. The molecule has 1 aromatic heterocycles. The second kappa shape index (κ2) is 8.30. The molecule has 6 nitrogen and oxygen atoms in total. The Bertz CT molecular complexity index is 833. The summed E-state index contributed by atoms with van der Waals surface area (Å²) >= 11 is 1.60. The van der Waals surface area contributed by atoms with Crippen molar-refractivity contribution in [2.45, 2.75) is 30.2 Å². The quantitative estimate of drug-likeness (QED) is 0.783. The van der Waals surface area contributed by atoms with Crippen LogP contribution in [-0.4, -0.2) is 44.9 Å². The third-order valence-electron chi connectivity index (χ3n) is 4.40. The van der Waals surface area contributed by atoms with Gasteiger partial charge in [0.1, 0.15) is 0 Å². The molecule has 1 aliphatic heterocycles. The number of thiophene rings is 1.